The van der Waals surface area contributed by atoms with E-state index in [1.165, 1.54) is 6.42 Å². The molecule has 21 heavy (non-hydrogen) atoms. The number of hydrogen-bond donors (Lipinski definition) is 2. The van der Waals surface area contributed by atoms with E-state index in [1.807, 2.05) is 6.07 Å². The Morgan fingerprint density at radius 2 is 2.24 bits per heavy atom. The molecule has 1 aromatic rings. The third-order valence-corrected chi connectivity index (χ3v) is 4.30. The molecule has 1 heterocycles. The Morgan fingerprint density at radius 3 is 2.81 bits per heavy atom. The highest BCUT2D eigenvalue weighted by Crippen LogP contribution is 2.41. The lowest BCUT2D eigenvalue weighted by molar-refractivity contribution is -0.0646. The number of rotatable bonds is 5. The molecule has 1 aromatic heterocycles. The van der Waals surface area contributed by atoms with E-state index in [-0.39, 0.29) is 5.60 Å². The molecule has 0 aromatic carbocycles. The summed E-state index contributed by atoms with van der Waals surface area (Å²) in [5, 5.41) is 0. The summed E-state index contributed by atoms with van der Waals surface area (Å²) < 4.78 is 5.90. The molecule has 1 aliphatic rings. The number of nitrogens with zero attached hydrogens (tertiary/aromatic N) is 2. The molecule has 2 rings (SSSR count). The molecule has 0 bridgehead atoms. The number of anilines is 1. The van der Waals surface area contributed by atoms with Gasteiger partial charge < -0.3 is 10.2 Å². The Kier molecular flexibility index (Phi) is 5.17. The summed E-state index contributed by atoms with van der Waals surface area (Å²) in [6.45, 7) is 6.64. The van der Waals surface area contributed by atoms with Gasteiger partial charge in [0.15, 0.2) is 5.82 Å². The topological polar surface area (TPSA) is 73.1 Å². The average molecular weight is 292 g/mol. The molecular formula is C16H28N4O. The Bertz CT molecular complexity index is 477. The van der Waals surface area contributed by atoms with Crippen LogP contribution in [-0.2, 0) is 16.8 Å². The molecule has 0 radical (unpaired) electrons. The molecule has 2 unspecified atom stereocenters. The molecule has 0 spiro atoms. The summed E-state index contributed by atoms with van der Waals surface area (Å²) in [7, 11) is 1.77. The normalized spacial score (nSPS) is 26.1. The van der Waals surface area contributed by atoms with Gasteiger partial charge in [-0.1, -0.05) is 27.2 Å². The van der Waals surface area contributed by atoms with Gasteiger partial charge in [0.2, 0.25) is 0 Å². The molecule has 118 valence electrons. The average Bonchev–Trinajstić information content (AvgIpc) is 2.46. The van der Waals surface area contributed by atoms with Crippen molar-refractivity contribution >= 4 is 5.82 Å². The minimum Gasteiger partial charge on any atom is -0.370 e. The van der Waals surface area contributed by atoms with Crippen molar-refractivity contribution in [2.75, 3.05) is 12.5 Å². The number of hydrogen-bond acceptors (Lipinski definition) is 5. The van der Waals surface area contributed by atoms with E-state index in [4.69, 9.17) is 15.6 Å². The highest BCUT2D eigenvalue weighted by atomic mass is 16.5. The van der Waals surface area contributed by atoms with Crippen LogP contribution >= 0.6 is 0 Å². The third-order valence-electron chi connectivity index (χ3n) is 4.30. The van der Waals surface area contributed by atoms with Gasteiger partial charge in [-0.3, -0.25) is 0 Å². The van der Waals surface area contributed by atoms with Crippen LogP contribution < -0.4 is 11.3 Å². The second-order valence-corrected chi connectivity index (χ2v) is 6.71. The van der Waals surface area contributed by atoms with Crippen LogP contribution in [-0.4, -0.2) is 17.1 Å². The quantitative estimate of drug-likeness (QED) is 0.644. The van der Waals surface area contributed by atoms with Gasteiger partial charge in [-0.25, -0.2) is 15.8 Å². The number of ether oxygens (including phenoxy) is 1. The Labute approximate surface area is 127 Å². The fourth-order valence-corrected chi connectivity index (χ4v) is 3.28. The van der Waals surface area contributed by atoms with Gasteiger partial charge in [0.25, 0.3) is 0 Å². The molecule has 5 nitrogen and oxygen atoms in total. The maximum absolute atomic E-state index is 5.90. The van der Waals surface area contributed by atoms with Crippen LogP contribution in [0, 0.1) is 11.8 Å². The van der Waals surface area contributed by atoms with Gasteiger partial charge in [-0.05, 0) is 37.5 Å². The van der Waals surface area contributed by atoms with Crippen LogP contribution in [0.3, 0.4) is 0 Å². The van der Waals surface area contributed by atoms with Crippen molar-refractivity contribution in [1.82, 2.24) is 9.97 Å². The summed E-state index contributed by atoms with van der Waals surface area (Å²) in [5.41, 5.74) is 3.33. The van der Waals surface area contributed by atoms with Crippen molar-refractivity contribution in [2.45, 2.75) is 58.5 Å². The van der Waals surface area contributed by atoms with E-state index in [0.717, 1.165) is 37.2 Å². The first-order chi connectivity index (χ1) is 9.99. The SMILES string of the molecule is COC1(c2nc(CC(C)C)cc(NN)n2)CCCC(C)C1. The van der Waals surface area contributed by atoms with Crippen molar-refractivity contribution in [1.29, 1.82) is 0 Å². The lowest BCUT2D eigenvalue weighted by Gasteiger charge is -2.37. The zero-order valence-electron chi connectivity index (χ0n) is 13.6. The Morgan fingerprint density at radius 1 is 1.48 bits per heavy atom. The standard InChI is InChI=1S/C16H28N4O/c1-11(2)8-13-9-14(20-17)19-15(18-13)16(21-4)7-5-6-12(3)10-16/h9,11-12H,5-8,10,17H2,1-4H3,(H,18,19,20). The van der Waals surface area contributed by atoms with Crippen molar-refractivity contribution in [3.8, 4) is 0 Å². The number of methoxy groups -OCH3 is 1. The summed E-state index contributed by atoms with van der Waals surface area (Å²) in [5.74, 6) is 8.20. The predicted molar refractivity (Wildman–Crippen MR) is 84.7 cm³/mol. The fraction of sp³-hybridized carbons (Fsp3) is 0.750. The number of nitrogens with one attached hydrogen (secondary N) is 1. The van der Waals surface area contributed by atoms with Gasteiger partial charge in [0.1, 0.15) is 11.4 Å². The fourth-order valence-electron chi connectivity index (χ4n) is 3.28. The van der Waals surface area contributed by atoms with Crippen molar-refractivity contribution in [3.63, 3.8) is 0 Å². The largest absolute Gasteiger partial charge is 0.370 e. The second kappa shape index (κ2) is 6.71. The van der Waals surface area contributed by atoms with Crippen LogP contribution in [0.4, 0.5) is 5.82 Å². The van der Waals surface area contributed by atoms with Crippen molar-refractivity contribution < 1.29 is 4.74 Å². The predicted octanol–water partition coefficient (Wildman–Crippen LogP) is 3.01. The smallest absolute Gasteiger partial charge is 0.162 e. The Balaban J connectivity index is 2.39. The van der Waals surface area contributed by atoms with Gasteiger partial charge in [0.05, 0.1) is 0 Å². The lowest BCUT2D eigenvalue weighted by atomic mass is 9.78. The van der Waals surface area contributed by atoms with Crippen LogP contribution in [0.5, 0.6) is 0 Å². The maximum Gasteiger partial charge on any atom is 0.162 e. The number of nitrogen functional groups attached to an aromatic ring is 1. The monoisotopic (exact) mass is 292 g/mol. The molecule has 0 amide bonds. The molecule has 5 heteroatoms. The van der Waals surface area contributed by atoms with Crippen LogP contribution in [0.2, 0.25) is 0 Å². The van der Waals surface area contributed by atoms with E-state index < -0.39 is 0 Å². The molecule has 2 atom stereocenters. The first kappa shape index (κ1) is 16.2. The lowest BCUT2D eigenvalue weighted by Crippen LogP contribution is -2.36. The highest BCUT2D eigenvalue weighted by Gasteiger charge is 2.39. The zero-order chi connectivity index (χ0) is 15.5. The molecule has 1 saturated carbocycles. The van der Waals surface area contributed by atoms with Crippen molar-refractivity contribution in [3.05, 3.63) is 17.6 Å². The zero-order valence-corrected chi connectivity index (χ0v) is 13.6. The summed E-state index contributed by atoms with van der Waals surface area (Å²) in [6.07, 6.45) is 5.26. The van der Waals surface area contributed by atoms with E-state index >= 15 is 0 Å². The first-order valence-corrected chi connectivity index (χ1v) is 7.89. The first-order valence-electron chi connectivity index (χ1n) is 7.89. The van der Waals surface area contributed by atoms with E-state index in [1.54, 1.807) is 7.11 Å². The van der Waals surface area contributed by atoms with E-state index in [2.05, 4.69) is 31.2 Å². The van der Waals surface area contributed by atoms with Crippen LogP contribution in [0.25, 0.3) is 0 Å². The maximum atomic E-state index is 5.90. The number of hydrazine groups is 1. The summed E-state index contributed by atoms with van der Waals surface area (Å²) in [6, 6.07) is 1.93. The van der Waals surface area contributed by atoms with Gasteiger partial charge in [-0.15, -0.1) is 0 Å². The summed E-state index contributed by atoms with van der Waals surface area (Å²) in [4.78, 5) is 9.38. The van der Waals surface area contributed by atoms with Gasteiger partial charge in [0, 0.05) is 18.9 Å². The van der Waals surface area contributed by atoms with E-state index in [0.29, 0.717) is 17.7 Å². The molecule has 0 saturated heterocycles. The van der Waals surface area contributed by atoms with Crippen LogP contribution in [0.1, 0.15) is 58.0 Å². The molecule has 1 fully saturated rings. The number of nitrogens with two attached hydrogens (primary N) is 1. The van der Waals surface area contributed by atoms with Crippen molar-refractivity contribution in [2.24, 2.45) is 17.7 Å². The molecule has 3 N–H and O–H groups in total. The summed E-state index contributed by atoms with van der Waals surface area (Å²) >= 11 is 0. The number of aromatic nitrogens is 2. The van der Waals surface area contributed by atoms with Gasteiger partial charge >= 0.3 is 0 Å². The van der Waals surface area contributed by atoms with E-state index in [9.17, 15) is 0 Å². The minimum atomic E-state index is -0.365. The third kappa shape index (κ3) is 3.71. The molecule has 1 aliphatic carbocycles. The van der Waals surface area contributed by atoms with Gasteiger partial charge in [-0.2, -0.15) is 0 Å². The molecular weight excluding hydrogens is 264 g/mol. The molecule has 0 aliphatic heterocycles. The Hall–Kier alpha value is -1.20. The highest BCUT2D eigenvalue weighted by molar-refractivity contribution is 5.35. The second-order valence-electron chi connectivity index (χ2n) is 6.71. The minimum absolute atomic E-state index is 0.365. The van der Waals surface area contributed by atoms with Crippen LogP contribution in [0.15, 0.2) is 6.07 Å².